The highest BCUT2D eigenvalue weighted by Gasteiger charge is 2.18. The molecule has 0 saturated heterocycles. The van der Waals surface area contributed by atoms with Crippen molar-refractivity contribution in [2.24, 2.45) is 17.8 Å². The molecule has 0 fully saturated rings. The van der Waals surface area contributed by atoms with Crippen LogP contribution in [0, 0.1) is 17.8 Å². The molecule has 2 N–H and O–H groups in total. The van der Waals surface area contributed by atoms with Gasteiger partial charge in [-0.25, -0.2) is 0 Å². The van der Waals surface area contributed by atoms with Gasteiger partial charge >= 0.3 is 5.97 Å². The van der Waals surface area contributed by atoms with Gasteiger partial charge in [0.25, 0.3) is 0 Å². The van der Waals surface area contributed by atoms with E-state index in [-0.39, 0.29) is 5.92 Å². The zero-order chi connectivity index (χ0) is 11.1. The van der Waals surface area contributed by atoms with E-state index < -0.39 is 5.97 Å². The summed E-state index contributed by atoms with van der Waals surface area (Å²) >= 11 is 0. The Hall–Kier alpha value is -0.570. The first kappa shape index (κ1) is 13.4. The topological polar surface area (TPSA) is 49.3 Å². The third kappa shape index (κ3) is 6.89. The lowest BCUT2D eigenvalue weighted by molar-refractivity contribution is -0.142. The number of carboxylic acids is 1. The molecule has 0 rings (SSSR count). The molecule has 1 atom stereocenters. The van der Waals surface area contributed by atoms with Gasteiger partial charge < -0.3 is 10.4 Å². The van der Waals surface area contributed by atoms with Crippen molar-refractivity contribution in [3.63, 3.8) is 0 Å². The summed E-state index contributed by atoms with van der Waals surface area (Å²) in [6, 6.07) is 0. The molecule has 3 nitrogen and oxygen atoms in total. The Bertz CT molecular complexity index is 167. The first-order valence-electron chi connectivity index (χ1n) is 5.37. The van der Waals surface area contributed by atoms with Gasteiger partial charge in [0.05, 0.1) is 5.92 Å². The Balaban J connectivity index is 3.80. The lowest BCUT2D eigenvalue weighted by Crippen LogP contribution is -2.31. The number of hydrogen-bond acceptors (Lipinski definition) is 2. The zero-order valence-corrected chi connectivity index (χ0v) is 9.71. The molecule has 0 radical (unpaired) electrons. The summed E-state index contributed by atoms with van der Waals surface area (Å²) < 4.78 is 0. The number of rotatable bonds is 7. The molecule has 0 saturated carbocycles. The molecule has 0 aromatic carbocycles. The maximum Gasteiger partial charge on any atom is 0.307 e. The quantitative estimate of drug-likeness (QED) is 0.662. The van der Waals surface area contributed by atoms with Crippen LogP contribution >= 0.6 is 0 Å². The predicted molar refractivity (Wildman–Crippen MR) is 58.3 cm³/mol. The molecule has 0 heterocycles. The second-order valence-electron chi connectivity index (χ2n) is 4.72. The summed E-state index contributed by atoms with van der Waals surface area (Å²) in [6.45, 7) is 9.82. The Morgan fingerprint density at radius 1 is 1.14 bits per heavy atom. The largest absolute Gasteiger partial charge is 0.481 e. The molecule has 0 amide bonds. The van der Waals surface area contributed by atoms with Crippen molar-refractivity contribution in [3.8, 4) is 0 Å². The van der Waals surface area contributed by atoms with E-state index in [9.17, 15) is 4.79 Å². The molecule has 0 aromatic rings. The van der Waals surface area contributed by atoms with Crippen LogP contribution < -0.4 is 5.32 Å². The minimum absolute atomic E-state index is 0.242. The summed E-state index contributed by atoms with van der Waals surface area (Å²) in [6.07, 6.45) is 0.750. The average molecular weight is 201 g/mol. The molecule has 0 spiro atoms. The third-order valence-corrected chi connectivity index (χ3v) is 2.05. The summed E-state index contributed by atoms with van der Waals surface area (Å²) in [4.78, 5) is 10.9. The molecular formula is C11H23NO2. The van der Waals surface area contributed by atoms with Crippen molar-refractivity contribution < 1.29 is 9.90 Å². The van der Waals surface area contributed by atoms with Gasteiger partial charge in [0.15, 0.2) is 0 Å². The Kier molecular flexibility index (Phi) is 6.54. The molecule has 0 aliphatic heterocycles. The summed E-state index contributed by atoms with van der Waals surface area (Å²) in [5.41, 5.74) is 0. The monoisotopic (exact) mass is 201 g/mol. The second-order valence-corrected chi connectivity index (χ2v) is 4.72. The maximum atomic E-state index is 10.9. The number of hydrogen-bond donors (Lipinski definition) is 2. The average Bonchev–Trinajstić information content (AvgIpc) is 2.00. The van der Waals surface area contributed by atoms with Crippen LogP contribution in [-0.4, -0.2) is 24.2 Å². The van der Waals surface area contributed by atoms with Crippen LogP contribution in [0.5, 0.6) is 0 Å². The Morgan fingerprint density at radius 2 is 1.71 bits per heavy atom. The van der Waals surface area contributed by atoms with Crippen LogP contribution in [-0.2, 0) is 4.79 Å². The van der Waals surface area contributed by atoms with E-state index in [1.807, 2.05) is 0 Å². The van der Waals surface area contributed by atoms with Crippen LogP contribution in [0.25, 0.3) is 0 Å². The lowest BCUT2D eigenvalue weighted by Gasteiger charge is -2.16. The van der Waals surface area contributed by atoms with Gasteiger partial charge in [-0.3, -0.25) is 4.79 Å². The third-order valence-electron chi connectivity index (χ3n) is 2.05. The van der Waals surface area contributed by atoms with Crippen molar-refractivity contribution >= 4 is 5.97 Å². The number of carbonyl (C=O) groups is 1. The molecule has 84 valence electrons. The Morgan fingerprint density at radius 3 is 2.07 bits per heavy atom. The molecule has 0 bridgehead atoms. The first-order chi connectivity index (χ1) is 6.43. The fourth-order valence-corrected chi connectivity index (χ4v) is 1.39. The lowest BCUT2D eigenvalue weighted by atomic mass is 9.97. The number of nitrogens with one attached hydrogen (secondary N) is 1. The Labute approximate surface area is 86.9 Å². The standard InChI is InChI=1S/C11H23NO2/c1-8(2)5-10(11(13)14)7-12-6-9(3)4/h8-10,12H,5-7H2,1-4H3,(H,13,14). The summed E-state index contributed by atoms with van der Waals surface area (Å²) in [7, 11) is 0. The number of aliphatic carboxylic acids is 1. The second kappa shape index (κ2) is 6.82. The van der Waals surface area contributed by atoms with Crippen LogP contribution in [0.2, 0.25) is 0 Å². The van der Waals surface area contributed by atoms with E-state index in [0.29, 0.717) is 18.4 Å². The van der Waals surface area contributed by atoms with Crippen molar-refractivity contribution in [2.75, 3.05) is 13.1 Å². The van der Waals surface area contributed by atoms with Gasteiger partial charge in [0.2, 0.25) is 0 Å². The van der Waals surface area contributed by atoms with Crippen LogP contribution in [0.15, 0.2) is 0 Å². The van der Waals surface area contributed by atoms with Gasteiger partial charge in [0, 0.05) is 6.54 Å². The van der Waals surface area contributed by atoms with Crippen LogP contribution in [0.3, 0.4) is 0 Å². The van der Waals surface area contributed by atoms with E-state index in [4.69, 9.17) is 5.11 Å². The highest BCUT2D eigenvalue weighted by atomic mass is 16.4. The molecule has 14 heavy (non-hydrogen) atoms. The molecule has 0 aromatic heterocycles. The molecular weight excluding hydrogens is 178 g/mol. The first-order valence-corrected chi connectivity index (χ1v) is 5.37. The van der Waals surface area contributed by atoms with Gasteiger partial charge in [-0.1, -0.05) is 27.7 Å². The fraction of sp³-hybridized carbons (Fsp3) is 0.909. The van der Waals surface area contributed by atoms with E-state index in [2.05, 4.69) is 33.0 Å². The maximum absolute atomic E-state index is 10.9. The van der Waals surface area contributed by atoms with Crippen molar-refractivity contribution in [2.45, 2.75) is 34.1 Å². The minimum atomic E-state index is -0.685. The van der Waals surface area contributed by atoms with E-state index in [1.54, 1.807) is 0 Å². The fourth-order valence-electron chi connectivity index (χ4n) is 1.39. The number of carboxylic acid groups (broad SMARTS) is 1. The van der Waals surface area contributed by atoms with Crippen LogP contribution in [0.4, 0.5) is 0 Å². The SMILES string of the molecule is CC(C)CNCC(CC(C)C)C(=O)O. The van der Waals surface area contributed by atoms with Gasteiger partial charge in [-0.2, -0.15) is 0 Å². The predicted octanol–water partition coefficient (Wildman–Crippen LogP) is 1.98. The zero-order valence-electron chi connectivity index (χ0n) is 9.71. The summed E-state index contributed by atoms with van der Waals surface area (Å²) in [5, 5.41) is 12.1. The molecule has 3 heteroatoms. The van der Waals surface area contributed by atoms with E-state index >= 15 is 0 Å². The van der Waals surface area contributed by atoms with E-state index in [1.165, 1.54) is 0 Å². The van der Waals surface area contributed by atoms with Gasteiger partial charge in [-0.15, -0.1) is 0 Å². The normalized spacial score (nSPS) is 13.6. The minimum Gasteiger partial charge on any atom is -0.481 e. The van der Waals surface area contributed by atoms with E-state index in [0.717, 1.165) is 13.0 Å². The van der Waals surface area contributed by atoms with Crippen molar-refractivity contribution in [3.05, 3.63) is 0 Å². The van der Waals surface area contributed by atoms with Gasteiger partial charge in [-0.05, 0) is 24.8 Å². The molecule has 0 aliphatic rings. The smallest absolute Gasteiger partial charge is 0.307 e. The van der Waals surface area contributed by atoms with Crippen molar-refractivity contribution in [1.82, 2.24) is 5.32 Å². The summed E-state index contributed by atoms with van der Waals surface area (Å²) in [5.74, 6) is 0.0872. The van der Waals surface area contributed by atoms with Gasteiger partial charge in [0.1, 0.15) is 0 Å². The highest BCUT2D eigenvalue weighted by Crippen LogP contribution is 2.11. The van der Waals surface area contributed by atoms with Crippen molar-refractivity contribution in [1.29, 1.82) is 0 Å². The molecule has 1 unspecified atom stereocenters. The molecule has 0 aliphatic carbocycles. The highest BCUT2D eigenvalue weighted by molar-refractivity contribution is 5.70. The van der Waals surface area contributed by atoms with Crippen LogP contribution in [0.1, 0.15) is 34.1 Å².